The first-order valence-corrected chi connectivity index (χ1v) is 3.93. The third-order valence-electron chi connectivity index (χ3n) is 1.42. The van der Waals surface area contributed by atoms with E-state index in [-0.39, 0.29) is 11.3 Å². The van der Waals surface area contributed by atoms with E-state index in [1.165, 1.54) is 0 Å². The molecule has 15 heavy (non-hydrogen) atoms. The summed E-state index contributed by atoms with van der Waals surface area (Å²) in [7, 11) is 0. The summed E-state index contributed by atoms with van der Waals surface area (Å²) in [5.74, 6) is -0.929. The molecular weight excluding hydrogens is 200 g/mol. The van der Waals surface area contributed by atoms with Gasteiger partial charge in [0.25, 0.3) is 0 Å². The van der Waals surface area contributed by atoms with Crippen molar-refractivity contribution in [2.75, 3.05) is 6.61 Å². The topological polar surface area (TPSA) is 116 Å². The first-order chi connectivity index (χ1) is 6.70. The highest BCUT2D eigenvalue weighted by atomic mass is 16.6. The van der Waals surface area contributed by atoms with E-state index in [2.05, 4.69) is 9.99 Å². The Morgan fingerprint density at radius 1 is 1.40 bits per heavy atom. The number of aliphatic carboxylic acids is 1. The number of amidine groups is 1. The highest BCUT2D eigenvalue weighted by molar-refractivity contribution is 5.96. The van der Waals surface area contributed by atoms with Crippen LogP contribution in [0.1, 0.15) is 5.56 Å². The van der Waals surface area contributed by atoms with Crippen LogP contribution in [0.4, 0.5) is 0 Å². The van der Waals surface area contributed by atoms with Crippen molar-refractivity contribution in [3.8, 4) is 0 Å². The van der Waals surface area contributed by atoms with Crippen molar-refractivity contribution in [1.29, 1.82) is 0 Å². The standard InChI is InChI=1S/C9H10N2O3.H2O/c10-9(11-14-6-8(12)13)7-4-2-1-3-5-7;/h1-5H,6H2,(H2,10,11)(H,12,13);1H2. The Morgan fingerprint density at radius 2 is 2.00 bits per heavy atom. The van der Waals surface area contributed by atoms with Gasteiger partial charge in [-0.05, 0) is 0 Å². The fourth-order valence-electron chi connectivity index (χ4n) is 0.819. The van der Waals surface area contributed by atoms with Crippen LogP contribution >= 0.6 is 0 Å². The quantitative estimate of drug-likeness (QED) is 0.400. The molecule has 0 radical (unpaired) electrons. The van der Waals surface area contributed by atoms with E-state index in [0.29, 0.717) is 5.56 Å². The van der Waals surface area contributed by atoms with Crippen LogP contribution in [-0.4, -0.2) is 29.0 Å². The predicted molar refractivity (Wildman–Crippen MR) is 54.4 cm³/mol. The van der Waals surface area contributed by atoms with Crippen LogP contribution < -0.4 is 5.73 Å². The Morgan fingerprint density at radius 3 is 2.53 bits per heavy atom. The molecule has 0 fully saturated rings. The van der Waals surface area contributed by atoms with Gasteiger partial charge in [0.1, 0.15) is 0 Å². The molecule has 0 heterocycles. The first-order valence-electron chi connectivity index (χ1n) is 3.93. The van der Waals surface area contributed by atoms with Crippen LogP contribution in [0, 0.1) is 0 Å². The number of hydrogen-bond acceptors (Lipinski definition) is 3. The zero-order valence-corrected chi connectivity index (χ0v) is 7.88. The summed E-state index contributed by atoms with van der Waals surface area (Å²) >= 11 is 0. The Labute approximate surface area is 86.3 Å². The van der Waals surface area contributed by atoms with Crippen molar-refractivity contribution in [3.63, 3.8) is 0 Å². The molecule has 5 N–H and O–H groups in total. The molecule has 0 bridgehead atoms. The van der Waals surface area contributed by atoms with Crippen molar-refractivity contribution in [2.24, 2.45) is 10.9 Å². The van der Waals surface area contributed by atoms with E-state index < -0.39 is 12.6 Å². The van der Waals surface area contributed by atoms with Crippen LogP contribution in [0.2, 0.25) is 0 Å². The predicted octanol–water partition coefficient (Wildman–Crippen LogP) is -0.417. The van der Waals surface area contributed by atoms with Crippen molar-refractivity contribution in [1.82, 2.24) is 0 Å². The summed E-state index contributed by atoms with van der Waals surface area (Å²) in [6.07, 6.45) is 0. The van der Waals surface area contributed by atoms with E-state index in [0.717, 1.165) is 0 Å². The Bertz CT molecular complexity index is 337. The van der Waals surface area contributed by atoms with Gasteiger partial charge in [0, 0.05) is 5.56 Å². The van der Waals surface area contributed by atoms with Gasteiger partial charge in [0.15, 0.2) is 5.84 Å². The summed E-state index contributed by atoms with van der Waals surface area (Å²) in [6.45, 7) is -0.493. The molecule has 0 aliphatic carbocycles. The van der Waals surface area contributed by atoms with Crippen LogP contribution in [0.5, 0.6) is 0 Å². The number of oxime groups is 1. The Kier molecular flexibility index (Phi) is 5.50. The van der Waals surface area contributed by atoms with Crippen LogP contribution in [-0.2, 0) is 9.63 Å². The van der Waals surface area contributed by atoms with Gasteiger partial charge in [0.05, 0.1) is 0 Å². The van der Waals surface area contributed by atoms with Crippen LogP contribution in [0.3, 0.4) is 0 Å². The normalized spacial score (nSPS) is 10.3. The summed E-state index contributed by atoms with van der Waals surface area (Å²) < 4.78 is 0. The molecule has 0 unspecified atom stereocenters. The second kappa shape index (κ2) is 6.39. The first kappa shape index (κ1) is 12.9. The highest BCUT2D eigenvalue weighted by Gasteiger charge is 1.98. The van der Waals surface area contributed by atoms with Gasteiger partial charge >= 0.3 is 5.97 Å². The highest BCUT2D eigenvalue weighted by Crippen LogP contribution is 1.97. The fraction of sp³-hybridized carbons (Fsp3) is 0.111. The molecule has 1 aromatic rings. The van der Waals surface area contributed by atoms with Crippen molar-refractivity contribution < 1.29 is 20.2 Å². The Hall–Kier alpha value is -2.08. The number of nitrogens with two attached hydrogens (primary N) is 1. The zero-order chi connectivity index (χ0) is 10.4. The zero-order valence-electron chi connectivity index (χ0n) is 7.88. The summed E-state index contributed by atoms with van der Waals surface area (Å²) in [5.41, 5.74) is 6.21. The minimum absolute atomic E-state index is 0. The molecule has 6 nitrogen and oxygen atoms in total. The van der Waals surface area contributed by atoms with Gasteiger partial charge < -0.3 is 21.2 Å². The van der Waals surface area contributed by atoms with E-state index >= 15 is 0 Å². The maximum Gasteiger partial charge on any atom is 0.344 e. The van der Waals surface area contributed by atoms with Crippen LogP contribution in [0.25, 0.3) is 0 Å². The maximum absolute atomic E-state index is 10.1. The third kappa shape index (κ3) is 4.63. The van der Waals surface area contributed by atoms with Gasteiger partial charge in [-0.25, -0.2) is 4.79 Å². The van der Waals surface area contributed by atoms with Gasteiger partial charge in [-0.15, -0.1) is 0 Å². The molecule has 0 spiro atoms. The lowest BCUT2D eigenvalue weighted by Crippen LogP contribution is -2.15. The van der Waals surface area contributed by atoms with E-state index in [1.54, 1.807) is 24.3 Å². The fourth-order valence-corrected chi connectivity index (χ4v) is 0.819. The van der Waals surface area contributed by atoms with Gasteiger partial charge in [0.2, 0.25) is 6.61 Å². The number of hydrogen-bond donors (Lipinski definition) is 2. The Balaban J connectivity index is 0.00000196. The summed E-state index contributed by atoms with van der Waals surface area (Å²) in [4.78, 5) is 14.6. The molecule has 0 aliphatic rings. The molecule has 0 aromatic heterocycles. The van der Waals surface area contributed by atoms with E-state index in [4.69, 9.17) is 10.8 Å². The molecule has 0 saturated heterocycles. The number of rotatable bonds is 4. The number of carbonyl (C=O) groups is 1. The largest absolute Gasteiger partial charge is 0.479 e. The third-order valence-corrected chi connectivity index (χ3v) is 1.42. The number of carboxylic acids is 1. The average molecular weight is 212 g/mol. The van der Waals surface area contributed by atoms with Gasteiger partial charge in [-0.2, -0.15) is 0 Å². The molecule has 0 amide bonds. The lowest BCUT2D eigenvalue weighted by molar-refractivity contribution is -0.142. The van der Waals surface area contributed by atoms with Gasteiger partial charge in [-0.1, -0.05) is 35.5 Å². The van der Waals surface area contributed by atoms with Crippen LogP contribution in [0.15, 0.2) is 35.5 Å². The maximum atomic E-state index is 10.1. The molecule has 0 aliphatic heterocycles. The minimum Gasteiger partial charge on any atom is -0.479 e. The number of nitrogens with zero attached hydrogens (tertiary/aromatic N) is 1. The molecule has 0 atom stereocenters. The van der Waals surface area contributed by atoms with Crippen molar-refractivity contribution in [3.05, 3.63) is 35.9 Å². The second-order valence-corrected chi connectivity index (χ2v) is 2.51. The van der Waals surface area contributed by atoms with Crippen molar-refractivity contribution in [2.45, 2.75) is 0 Å². The molecule has 82 valence electrons. The van der Waals surface area contributed by atoms with Crippen molar-refractivity contribution >= 4 is 11.8 Å². The number of carboxylic acid groups (broad SMARTS) is 1. The smallest absolute Gasteiger partial charge is 0.344 e. The number of benzene rings is 1. The van der Waals surface area contributed by atoms with E-state index in [1.807, 2.05) is 6.07 Å². The summed E-state index contributed by atoms with van der Waals surface area (Å²) in [5, 5.41) is 11.7. The lowest BCUT2D eigenvalue weighted by atomic mass is 10.2. The van der Waals surface area contributed by atoms with E-state index in [9.17, 15) is 4.79 Å². The molecule has 0 saturated carbocycles. The molecule has 6 heteroatoms. The lowest BCUT2D eigenvalue weighted by Gasteiger charge is -1.99. The minimum atomic E-state index is -1.09. The molecule has 1 aromatic carbocycles. The summed E-state index contributed by atoms with van der Waals surface area (Å²) in [6, 6.07) is 8.95. The average Bonchev–Trinajstić information content (AvgIpc) is 2.18. The molecule has 1 rings (SSSR count). The SMILES string of the molecule is NC(=NOCC(=O)O)c1ccccc1.O. The molecular formula is C9H12N2O4. The second-order valence-electron chi connectivity index (χ2n) is 2.51. The van der Waals surface area contributed by atoms with Gasteiger partial charge in [-0.3, -0.25) is 0 Å². The monoisotopic (exact) mass is 212 g/mol.